The third-order valence-corrected chi connectivity index (χ3v) is 3.19. The summed E-state index contributed by atoms with van der Waals surface area (Å²) in [6.45, 7) is -0.342. The van der Waals surface area contributed by atoms with E-state index in [4.69, 9.17) is 4.74 Å². The minimum Gasteiger partial charge on any atom is -0.484 e. The van der Waals surface area contributed by atoms with Crippen LogP contribution in [0.1, 0.15) is 5.56 Å². The smallest absolute Gasteiger partial charge is 0.325 e. The molecule has 0 aliphatic heterocycles. The molecule has 0 unspecified atom stereocenters. The first-order valence-corrected chi connectivity index (χ1v) is 7.18. The molecule has 7 nitrogen and oxygen atoms in total. The quantitative estimate of drug-likeness (QED) is 0.710. The van der Waals surface area contributed by atoms with Crippen LogP contribution in [0.3, 0.4) is 0 Å². The van der Waals surface area contributed by atoms with Crippen molar-refractivity contribution >= 4 is 11.9 Å². The van der Waals surface area contributed by atoms with Crippen LogP contribution in [0.4, 0.5) is 4.39 Å². The van der Waals surface area contributed by atoms with E-state index in [0.717, 1.165) is 5.56 Å². The van der Waals surface area contributed by atoms with Crippen LogP contribution in [0.25, 0.3) is 0 Å². The molecule has 2 rings (SSSR count). The van der Waals surface area contributed by atoms with Gasteiger partial charge in [0, 0.05) is 31.4 Å². The van der Waals surface area contributed by atoms with E-state index in [1.54, 1.807) is 30.2 Å². The van der Waals surface area contributed by atoms with Crippen LogP contribution in [0, 0.1) is 5.82 Å². The molecule has 8 heteroatoms. The highest BCUT2D eigenvalue weighted by Crippen LogP contribution is 2.12. The van der Waals surface area contributed by atoms with Gasteiger partial charge in [0.15, 0.2) is 6.61 Å². The van der Waals surface area contributed by atoms with E-state index < -0.39 is 17.7 Å². The van der Waals surface area contributed by atoms with Gasteiger partial charge < -0.3 is 14.4 Å². The lowest BCUT2D eigenvalue weighted by atomic mass is 10.3. The summed E-state index contributed by atoms with van der Waals surface area (Å²) in [5, 5.41) is 4.02. The molecule has 1 aromatic heterocycles. The van der Waals surface area contributed by atoms with Crippen LogP contribution in [-0.2, 0) is 27.9 Å². The summed E-state index contributed by atoms with van der Waals surface area (Å²) >= 11 is 0. The number of hydrogen-bond acceptors (Lipinski definition) is 5. The normalized spacial score (nSPS) is 10.3. The fourth-order valence-electron chi connectivity index (χ4n) is 2.02. The van der Waals surface area contributed by atoms with Crippen LogP contribution in [-0.4, -0.2) is 46.8 Å². The summed E-state index contributed by atoms with van der Waals surface area (Å²) < 4.78 is 24.6. The molecule has 1 aromatic carbocycles. The third-order valence-electron chi connectivity index (χ3n) is 3.19. The SMILES string of the molecule is COC(=O)CN(Cc1cnn(C)c1)C(=O)COc1cccc(F)c1. The van der Waals surface area contributed by atoms with Gasteiger partial charge in [0.1, 0.15) is 18.1 Å². The van der Waals surface area contributed by atoms with Gasteiger partial charge in [-0.3, -0.25) is 14.3 Å². The van der Waals surface area contributed by atoms with Crippen molar-refractivity contribution in [1.29, 1.82) is 0 Å². The van der Waals surface area contributed by atoms with E-state index in [9.17, 15) is 14.0 Å². The molecular weight excluding hydrogens is 317 g/mol. The number of nitrogens with zero attached hydrogens (tertiary/aromatic N) is 3. The first-order chi connectivity index (χ1) is 11.5. The van der Waals surface area contributed by atoms with E-state index in [1.165, 1.54) is 30.2 Å². The zero-order chi connectivity index (χ0) is 17.5. The molecule has 0 saturated heterocycles. The van der Waals surface area contributed by atoms with E-state index >= 15 is 0 Å². The summed E-state index contributed by atoms with van der Waals surface area (Å²) in [5.41, 5.74) is 0.764. The number of carbonyl (C=O) groups excluding carboxylic acids is 2. The highest BCUT2D eigenvalue weighted by Gasteiger charge is 2.19. The number of hydrogen-bond donors (Lipinski definition) is 0. The molecule has 0 aliphatic rings. The predicted molar refractivity (Wildman–Crippen MR) is 82.5 cm³/mol. The van der Waals surface area contributed by atoms with Gasteiger partial charge in [-0.25, -0.2) is 4.39 Å². The van der Waals surface area contributed by atoms with Gasteiger partial charge in [-0.1, -0.05) is 6.07 Å². The highest BCUT2D eigenvalue weighted by molar-refractivity contribution is 5.83. The third kappa shape index (κ3) is 5.08. The maximum atomic E-state index is 13.1. The average molecular weight is 335 g/mol. The monoisotopic (exact) mass is 335 g/mol. The predicted octanol–water partition coefficient (Wildman–Crippen LogP) is 1.14. The largest absolute Gasteiger partial charge is 0.484 e. The van der Waals surface area contributed by atoms with Crippen molar-refractivity contribution in [3.63, 3.8) is 0 Å². The molecular formula is C16H18FN3O4. The Hall–Kier alpha value is -2.90. The van der Waals surface area contributed by atoms with Crippen molar-refractivity contribution in [2.75, 3.05) is 20.3 Å². The molecule has 0 aliphatic carbocycles. The van der Waals surface area contributed by atoms with E-state index in [1.807, 2.05) is 0 Å². The number of ether oxygens (including phenoxy) is 2. The maximum Gasteiger partial charge on any atom is 0.325 e. The van der Waals surface area contributed by atoms with Gasteiger partial charge in [-0.15, -0.1) is 0 Å². The van der Waals surface area contributed by atoms with Crippen LogP contribution in [0.15, 0.2) is 36.7 Å². The van der Waals surface area contributed by atoms with Gasteiger partial charge in [0.25, 0.3) is 5.91 Å². The van der Waals surface area contributed by atoms with E-state index in [2.05, 4.69) is 9.84 Å². The number of benzene rings is 1. The Morgan fingerprint density at radius 3 is 2.79 bits per heavy atom. The number of carbonyl (C=O) groups is 2. The second-order valence-corrected chi connectivity index (χ2v) is 5.09. The van der Waals surface area contributed by atoms with Crippen molar-refractivity contribution < 1.29 is 23.5 Å². The van der Waals surface area contributed by atoms with Gasteiger partial charge >= 0.3 is 5.97 Å². The fraction of sp³-hybridized carbons (Fsp3) is 0.312. The van der Waals surface area contributed by atoms with E-state index in [-0.39, 0.29) is 25.4 Å². The topological polar surface area (TPSA) is 73.7 Å². The molecule has 1 amide bonds. The Morgan fingerprint density at radius 1 is 1.38 bits per heavy atom. The second kappa shape index (κ2) is 8.09. The number of methoxy groups -OCH3 is 1. The molecule has 0 saturated carbocycles. The van der Waals surface area contributed by atoms with Crippen LogP contribution >= 0.6 is 0 Å². The number of halogens is 1. The van der Waals surface area contributed by atoms with Crippen LogP contribution in [0.2, 0.25) is 0 Å². The lowest BCUT2D eigenvalue weighted by molar-refractivity contribution is -0.148. The minimum atomic E-state index is -0.544. The fourth-order valence-corrected chi connectivity index (χ4v) is 2.02. The van der Waals surface area contributed by atoms with Gasteiger partial charge in [-0.2, -0.15) is 5.10 Å². The molecule has 0 atom stereocenters. The zero-order valence-corrected chi connectivity index (χ0v) is 13.4. The Bertz CT molecular complexity index is 717. The first-order valence-electron chi connectivity index (χ1n) is 7.18. The van der Waals surface area contributed by atoms with Crippen molar-refractivity contribution in [3.8, 4) is 5.75 Å². The number of aromatic nitrogens is 2. The first kappa shape index (κ1) is 17.5. The summed E-state index contributed by atoms with van der Waals surface area (Å²) in [6, 6.07) is 5.48. The summed E-state index contributed by atoms with van der Waals surface area (Å²) in [7, 11) is 3.00. The standard InChI is InChI=1S/C16H18FN3O4/c1-19-8-12(7-18-19)9-20(10-16(22)23-2)15(21)11-24-14-5-3-4-13(17)6-14/h3-8H,9-11H2,1-2H3. The molecule has 0 radical (unpaired) electrons. The number of rotatable bonds is 7. The molecule has 0 bridgehead atoms. The van der Waals surface area contributed by atoms with Gasteiger partial charge in [0.2, 0.25) is 0 Å². The maximum absolute atomic E-state index is 13.1. The molecule has 1 heterocycles. The van der Waals surface area contributed by atoms with Crippen LogP contribution < -0.4 is 4.74 Å². The van der Waals surface area contributed by atoms with Crippen molar-refractivity contribution in [1.82, 2.24) is 14.7 Å². The van der Waals surface area contributed by atoms with Crippen molar-refractivity contribution in [2.45, 2.75) is 6.54 Å². The molecule has 128 valence electrons. The second-order valence-electron chi connectivity index (χ2n) is 5.09. The number of esters is 1. The summed E-state index contributed by atoms with van der Waals surface area (Å²) in [6.07, 6.45) is 3.34. The molecule has 0 fully saturated rings. The Morgan fingerprint density at radius 2 is 2.17 bits per heavy atom. The lowest BCUT2D eigenvalue weighted by Crippen LogP contribution is -2.38. The Labute approximate surface area is 138 Å². The highest BCUT2D eigenvalue weighted by atomic mass is 19.1. The number of amides is 1. The van der Waals surface area contributed by atoms with Crippen molar-refractivity contribution in [3.05, 3.63) is 48.0 Å². The average Bonchev–Trinajstić information content (AvgIpc) is 2.97. The van der Waals surface area contributed by atoms with E-state index in [0.29, 0.717) is 0 Å². The molecule has 0 spiro atoms. The number of aryl methyl sites for hydroxylation is 1. The molecule has 0 N–H and O–H groups in total. The van der Waals surface area contributed by atoms with Crippen molar-refractivity contribution in [2.24, 2.45) is 7.05 Å². The molecule has 24 heavy (non-hydrogen) atoms. The van der Waals surface area contributed by atoms with Gasteiger partial charge in [0.05, 0.1) is 13.3 Å². The van der Waals surface area contributed by atoms with Crippen LogP contribution in [0.5, 0.6) is 5.75 Å². The zero-order valence-electron chi connectivity index (χ0n) is 13.4. The Balaban J connectivity index is 2.01. The Kier molecular flexibility index (Phi) is 5.89. The summed E-state index contributed by atoms with van der Waals surface area (Å²) in [4.78, 5) is 25.1. The van der Waals surface area contributed by atoms with Gasteiger partial charge in [-0.05, 0) is 12.1 Å². The lowest BCUT2D eigenvalue weighted by Gasteiger charge is -2.21. The molecule has 2 aromatic rings. The summed E-state index contributed by atoms with van der Waals surface area (Å²) in [5.74, 6) is -1.18. The minimum absolute atomic E-state index is 0.189.